The molecule has 146 valence electrons. The fourth-order valence-corrected chi connectivity index (χ4v) is 5.01. The van der Waals surface area contributed by atoms with Gasteiger partial charge in [-0.15, -0.1) is 0 Å². The molecule has 0 atom stereocenters. The van der Waals surface area contributed by atoms with E-state index in [1.54, 1.807) is 0 Å². The lowest BCUT2D eigenvalue weighted by atomic mass is 9.74. The lowest BCUT2D eigenvalue weighted by molar-refractivity contribution is 0.178. The van der Waals surface area contributed by atoms with Crippen LogP contribution in [0.4, 0.5) is 0 Å². The molecule has 29 heavy (non-hydrogen) atoms. The molecule has 4 heteroatoms. The van der Waals surface area contributed by atoms with Crippen LogP contribution in [0.15, 0.2) is 65.2 Å². The van der Waals surface area contributed by atoms with E-state index >= 15 is 0 Å². The van der Waals surface area contributed by atoms with Crippen molar-refractivity contribution in [2.45, 2.75) is 31.1 Å². The van der Waals surface area contributed by atoms with Crippen molar-refractivity contribution in [1.82, 2.24) is 15.0 Å². The summed E-state index contributed by atoms with van der Waals surface area (Å²) in [6, 6.07) is 18.8. The molecule has 2 aliphatic carbocycles. The minimum Gasteiger partial charge on any atom is -0.334 e. The van der Waals surface area contributed by atoms with Crippen LogP contribution in [-0.4, -0.2) is 34.7 Å². The lowest BCUT2D eigenvalue weighted by Gasteiger charge is -2.39. The number of fused-ring (bicyclic) bond motifs is 2. The van der Waals surface area contributed by atoms with Crippen molar-refractivity contribution in [3.05, 3.63) is 77.7 Å². The summed E-state index contributed by atoms with van der Waals surface area (Å²) in [5.74, 6) is 2.24. The Morgan fingerprint density at radius 2 is 1.72 bits per heavy atom. The number of hydrogen-bond donors (Lipinski definition) is 0. The van der Waals surface area contributed by atoms with Gasteiger partial charge < -0.3 is 9.42 Å². The number of hydrogen-bond acceptors (Lipinski definition) is 4. The van der Waals surface area contributed by atoms with Crippen molar-refractivity contribution in [3.63, 3.8) is 0 Å². The molecule has 3 aliphatic rings. The van der Waals surface area contributed by atoms with Crippen LogP contribution >= 0.6 is 0 Å². The first-order chi connectivity index (χ1) is 14.3. The van der Waals surface area contributed by atoms with E-state index < -0.39 is 0 Å². The van der Waals surface area contributed by atoms with E-state index in [4.69, 9.17) is 9.51 Å². The third-order valence-electron chi connectivity index (χ3n) is 6.82. The molecule has 1 spiro atoms. The first-order valence-corrected chi connectivity index (χ1v) is 10.8. The zero-order valence-electron chi connectivity index (χ0n) is 16.6. The van der Waals surface area contributed by atoms with E-state index in [0.717, 1.165) is 17.1 Å². The van der Waals surface area contributed by atoms with Crippen LogP contribution in [-0.2, 0) is 5.41 Å². The molecular formula is C25H25N3O. The van der Waals surface area contributed by atoms with Crippen LogP contribution in [0.25, 0.3) is 17.0 Å². The summed E-state index contributed by atoms with van der Waals surface area (Å²) in [6.45, 7) is 3.64. The maximum absolute atomic E-state index is 5.74. The highest BCUT2D eigenvalue weighted by molar-refractivity contribution is 5.84. The Morgan fingerprint density at radius 3 is 2.52 bits per heavy atom. The topological polar surface area (TPSA) is 42.2 Å². The van der Waals surface area contributed by atoms with Gasteiger partial charge in [0.25, 0.3) is 5.89 Å². The van der Waals surface area contributed by atoms with Crippen molar-refractivity contribution < 1.29 is 4.52 Å². The minimum atomic E-state index is 0.105. The second-order valence-electron chi connectivity index (χ2n) is 8.79. The third kappa shape index (κ3) is 3.03. The van der Waals surface area contributed by atoms with Crippen LogP contribution in [0.3, 0.4) is 0 Å². The van der Waals surface area contributed by atoms with Gasteiger partial charge in [0.2, 0.25) is 5.82 Å². The van der Waals surface area contributed by atoms with E-state index in [1.807, 2.05) is 30.3 Å². The molecule has 6 rings (SSSR count). The lowest BCUT2D eigenvalue weighted by Crippen LogP contribution is -2.41. The predicted octanol–water partition coefficient (Wildman–Crippen LogP) is 4.93. The molecule has 1 aliphatic heterocycles. The summed E-state index contributed by atoms with van der Waals surface area (Å²) in [4.78, 5) is 7.41. The number of piperidine rings is 1. The van der Waals surface area contributed by atoms with E-state index in [0.29, 0.717) is 11.7 Å². The Morgan fingerprint density at radius 1 is 0.966 bits per heavy atom. The van der Waals surface area contributed by atoms with Crippen LogP contribution in [0, 0.1) is 5.92 Å². The first kappa shape index (κ1) is 17.2. The van der Waals surface area contributed by atoms with Gasteiger partial charge >= 0.3 is 0 Å². The molecule has 3 aromatic rings. The van der Waals surface area contributed by atoms with E-state index in [1.165, 1.54) is 56.4 Å². The molecule has 0 unspecified atom stereocenters. The minimum absolute atomic E-state index is 0.105. The Hall–Kier alpha value is -2.72. The fourth-order valence-electron chi connectivity index (χ4n) is 5.01. The van der Waals surface area contributed by atoms with Crippen LogP contribution in [0.5, 0.6) is 0 Å². The summed E-state index contributed by atoms with van der Waals surface area (Å²) in [7, 11) is 0. The van der Waals surface area contributed by atoms with Gasteiger partial charge in [-0.2, -0.15) is 4.98 Å². The number of likely N-dealkylation sites (tertiary alicyclic amines) is 1. The molecule has 1 aromatic heterocycles. The zero-order chi connectivity index (χ0) is 19.3. The van der Waals surface area contributed by atoms with Crippen molar-refractivity contribution in [1.29, 1.82) is 0 Å². The third-order valence-corrected chi connectivity index (χ3v) is 6.82. The van der Waals surface area contributed by atoms with Gasteiger partial charge in [-0.3, -0.25) is 0 Å². The van der Waals surface area contributed by atoms with E-state index in [9.17, 15) is 0 Å². The molecule has 0 bridgehead atoms. The maximum Gasteiger partial charge on any atom is 0.258 e. The van der Waals surface area contributed by atoms with Crippen molar-refractivity contribution in [2.24, 2.45) is 5.92 Å². The standard InChI is InChI=1S/C25H25N3O/c1-2-6-19(7-3-1)23-26-24(29-27-23)21-16-25(22-9-5-4-8-20(21)22)12-14-28(15-13-25)17-18-10-11-18/h1-9,16,18H,10-15,17H2. The molecule has 0 radical (unpaired) electrons. The summed E-state index contributed by atoms with van der Waals surface area (Å²) in [6.07, 6.45) is 7.61. The Balaban J connectivity index is 1.33. The molecular weight excluding hydrogens is 358 g/mol. The number of aromatic nitrogens is 2. The van der Waals surface area contributed by atoms with Gasteiger partial charge in [-0.1, -0.05) is 65.8 Å². The quantitative estimate of drug-likeness (QED) is 0.641. The number of allylic oxidation sites excluding steroid dienone is 1. The van der Waals surface area contributed by atoms with Gasteiger partial charge in [0.15, 0.2) is 0 Å². The SMILES string of the molecule is C1=C(c2nc(-c3ccccc3)no2)c2ccccc2C12CCN(CC1CC1)CC2. The summed E-state index contributed by atoms with van der Waals surface area (Å²) in [5.41, 5.74) is 4.88. The average Bonchev–Trinajstić information content (AvgIpc) is 3.35. The van der Waals surface area contributed by atoms with Gasteiger partial charge in [-0.05, 0) is 55.8 Å². The molecule has 2 fully saturated rings. The summed E-state index contributed by atoms with van der Waals surface area (Å²) in [5, 5.41) is 4.25. The van der Waals surface area contributed by atoms with Crippen LogP contribution in [0.2, 0.25) is 0 Å². The summed E-state index contributed by atoms with van der Waals surface area (Å²) >= 11 is 0. The van der Waals surface area contributed by atoms with Crippen molar-refractivity contribution in [3.8, 4) is 11.4 Å². The molecule has 4 nitrogen and oxygen atoms in total. The van der Waals surface area contributed by atoms with E-state index in [-0.39, 0.29) is 5.41 Å². The van der Waals surface area contributed by atoms with Crippen LogP contribution in [0.1, 0.15) is 42.7 Å². The highest BCUT2D eigenvalue weighted by Gasteiger charge is 2.42. The Kier molecular flexibility index (Phi) is 3.95. The molecule has 2 aromatic carbocycles. The number of nitrogens with zero attached hydrogens (tertiary/aromatic N) is 3. The largest absolute Gasteiger partial charge is 0.334 e. The molecule has 0 amide bonds. The number of benzene rings is 2. The van der Waals surface area contributed by atoms with Gasteiger partial charge in [0.1, 0.15) is 0 Å². The average molecular weight is 383 g/mol. The second kappa shape index (κ2) is 6.67. The van der Waals surface area contributed by atoms with Gasteiger partial charge in [0, 0.05) is 23.1 Å². The molecule has 2 heterocycles. The van der Waals surface area contributed by atoms with Gasteiger partial charge in [-0.25, -0.2) is 0 Å². The molecule has 1 saturated carbocycles. The predicted molar refractivity (Wildman–Crippen MR) is 113 cm³/mol. The van der Waals surface area contributed by atoms with Crippen molar-refractivity contribution in [2.75, 3.05) is 19.6 Å². The van der Waals surface area contributed by atoms with Crippen LogP contribution < -0.4 is 0 Å². The smallest absolute Gasteiger partial charge is 0.258 e. The number of rotatable bonds is 4. The maximum atomic E-state index is 5.74. The first-order valence-electron chi connectivity index (χ1n) is 10.8. The Labute approximate surface area is 171 Å². The fraction of sp³-hybridized carbons (Fsp3) is 0.360. The van der Waals surface area contributed by atoms with Gasteiger partial charge in [0.05, 0.1) is 0 Å². The molecule has 1 saturated heterocycles. The second-order valence-corrected chi connectivity index (χ2v) is 8.79. The Bertz CT molecular complexity index is 1060. The van der Waals surface area contributed by atoms with Crippen molar-refractivity contribution >= 4 is 5.57 Å². The zero-order valence-corrected chi connectivity index (χ0v) is 16.6. The molecule has 0 N–H and O–H groups in total. The van der Waals surface area contributed by atoms with E-state index in [2.05, 4.69) is 40.4 Å². The highest BCUT2D eigenvalue weighted by atomic mass is 16.5. The monoisotopic (exact) mass is 383 g/mol. The summed E-state index contributed by atoms with van der Waals surface area (Å²) < 4.78 is 5.74. The normalized spacial score (nSPS) is 20.6. The highest BCUT2D eigenvalue weighted by Crippen LogP contribution is 2.49.